The van der Waals surface area contributed by atoms with Crippen LogP contribution in [0, 0.1) is 11.3 Å². The first kappa shape index (κ1) is 23.1. The highest BCUT2D eigenvalue weighted by Gasteiger charge is 2.22. The molecule has 6 nitrogen and oxygen atoms in total. The van der Waals surface area contributed by atoms with Crippen LogP contribution in [0.3, 0.4) is 0 Å². The number of piperazine rings is 1. The number of allylic oxidation sites excluding steroid dienone is 1. The Morgan fingerprint density at radius 2 is 1.88 bits per heavy atom. The number of aliphatic hydroxyl groups excluding tert-OH is 1. The molecule has 1 aliphatic heterocycles. The molecular weight excluding hydrogens is 456 g/mol. The van der Waals surface area contributed by atoms with Gasteiger partial charge in [0.15, 0.2) is 0 Å². The van der Waals surface area contributed by atoms with E-state index in [1.54, 1.807) is 12.1 Å². The van der Waals surface area contributed by atoms with E-state index < -0.39 is 0 Å². The minimum absolute atomic E-state index is 0.0534. The van der Waals surface area contributed by atoms with E-state index in [2.05, 4.69) is 26.9 Å². The second-order valence-corrected chi connectivity index (χ2v) is 8.94. The number of rotatable bonds is 7. The van der Waals surface area contributed by atoms with Crippen LogP contribution in [0.5, 0.6) is 5.75 Å². The molecule has 170 valence electrons. The van der Waals surface area contributed by atoms with E-state index in [9.17, 15) is 10.4 Å². The van der Waals surface area contributed by atoms with Gasteiger partial charge in [0.25, 0.3) is 0 Å². The van der Waals surface area contributed by atoms with E-state index in [1.807, 2.05) is 42.6 Å². The number of hydrogen-bond donors (Lipinski definition) is 1. The lowest BCUT2D eigenvalue weighted by atomic mass is 10.2. The predicted octanol–water partition coefficient (Wildman–Crippen LogP) is 5.48. The summed E-state index contributed by atoms with van der Waals surface area (Å²) in [7, 11) is 0. The summed E-state index contributed by atoms with van der Waals surface area (Å²) in [5.41, 5.74) is 2.99. The zero-order valence-corrected chi connectivity index (χ0v) is 19.9. The number of benzene rings is 2. The predicted molar refractivity (Wildman–Crippen MR) is 134 cm³/mol. The topological polar surface area (TPSA) is 72.6 Å². The monoisotopic (exact) mass is 480 g/mol. The maximum absolute atomic E-state index is 10.8. The summed E-state index contributed by atoms with van der Waals surface area (Å²) < 4.78 is 5.77. The molecule has 33 heavy (non-hydrogen) atoms. The molecule has 0 saturated carbocycles. The van der Waals surface area contributed by atoms with Gasteiger partial charge in [-0.2, -0.15) is 5.26 Å². The first-order chi connectivity index (χ1) is 16.1. The third kappa shape index (κ3) is 5.48. The molecule has 0 atom stereocenters. The van der Waals surface area contributed by atoms with Gasteiger partial charge in [-0.25, -0.2) is 4.98 Å². The van der Waals surface area contributed by atoms with Crippen molar-refractivity contribution in [3.8, 4) is 23.1 Å². The number of aromatic nitrogens is 1. The Kier molecular flexibility index (Phi) is 7.50. The SMILES string of the molecule is CCOc1ccccc1N1CCN(CC(O)=C(C#N)c2nc(-c3ccc(Cl)cc3)cs2)CC1. The van der Waals surface area contributed by atoms with E-state index in [0.717, 1.165) is 48.9 Å². The van der Waals surface area contributed by atoms with Gasteiger partial charge < -0.3 is 14.7 Å². The fourth-order valence-corrected chi connectivity index (χ4v) is 4.78. The zero-order valence-electron chi connectivity index (χ0n) is 18.4. The van der Waals surface area contributed by atoms with Gasteiger partial charge in [0.1, 0.15) is 28.2 Å². The molecule has 3 aromatic rings. The van der Waals surface area contributed by atoms with Crippen LogP contribution in [0.1, 0.15) is 11.9 Å². The van der Waals surface area contributed by atoms with E-state index in [4.69, 9.17) is 16.3 Å². The van der Waals surface area contributed by atoms with Crippen molar-refractivity contribution < 1.29 is 9.84 Å². The first-order valence-electron chi connectivity index (χ1n) is 10.8. The summed E-state index contributed by atoms with van der Waals surface area (Å²) in [4.78, 5) is 9.02. The number of thiazole rings is 1. The van der Waals surface area contributed by atoms with Crippen molar-refractivity contribution in [3.05, 3.63) is 69.7 Å². The van der Waals surface area contributed by atoms with Crippen LogP contribution in [-0.2, 0) is 0 Å². The van der Waals surface area contributed by atoms with Crippen LogP contribution in [0.4, 0.5) is 5.69 Å². The number of halogens is 1. The largest absolute Gasteiger partial charge is 0.509 e. The number of nitrogens with zero attached hydrogens (tertiary/aromatic N) is 4. The molecule has 1 saturated heterocycles. The van der Waals surface area contributed by atoms with Crippen LogP contribution in [0.2, 0.25) is 5.02 Å². The Hall–Kier alpha value is -3.05. The molecular formula is C25H25ClN4O2S. The van der Waals surface area contributed by atoms with Crippen molar-refractivity contribution in [2.45, 2.75) is 6.92 Å². The third-order valence-corrected chi connectivity index (χ3v) is 6.62. The third-order valence-electron chi connectivity index (χ3n) is 5.51. The minimum atomic E-state index is 0.0534. The molecule has 4 rings (SSSR count). The van der Waals surface area contributed by atoms with E-state index in [-0.39, 0.29) is 11.3 Å². The molecule has 0 unspecified atom stereocenters. The lowest BCUT2D eigenvalue weighted by Gasteiger charge is -2.36. The van der Waals surface area contributed by atoms with E-state index in [1.165, 1.54) is 11.3 Å². The molecule has 2 aromatic carbocycles. The maximum Gasteiger partial charge on any atom is 0.142 e. The maximum atomic E-state index is 10.8. The lowest BCUT2D eigenvalue weighted by Crippen LogP contribution is -2.47. The molecule has 0 amide bonds. The molecule has 0 aliphatic carbocycles. The van der Waals surface area contributed by atoms with Crippen LogP contribution in [0.25, 0.3) is 16.8 Å². The molecule has 0 radical (unpaired) electrons. The second kappa shape index (κ2) is 10.7. The van der Waals surface area contributed by atoms with E-state index in [0.29, 0.717) is 23.2 Å². The van der Waals surface area contributed by atoms with Crippen LogP contribution >= 0.6 is 22.9 Å². The quantitative estimate of drug-likeness (QED) is 0.356. The van der Waals surface area contributed by atoms with Crippen LogP contribution in [-0.4, -0.2) is 54.3 Å². The molecule has 1 aromatic heterocycles. The number of nitriles is 1. The molecule has 1 fully saturated rings. The molecule has 2 heterocycles. The fourth-order valence-electron chi connectivity index (χ4n) is 3.81. The summed E-state index contributed by atoms with van der Waals surface area (Å²) in [6.45, 7) is 6.11. The first-order valence-corrected chi connectivity index (χ1v) is 12.1. The average molecular weight is 481 g/mol. The highest BCUT2D eigenvalue weighted by Crippen LogP contribution is 2.30. The van der Waals surface area contributed by atoms with Gasteiger partial charge in [-0.05, 0) is 31.2 Å². The Bertz CT molecular complexity index is 1160. The summed E-state index contributed by atoms with van der Waals surface area (Å²) in [5, 5.41) is 23.5. The van der Waals surface area contributed by atoms with Gasteiger partial charge in [0, 0.05) is 42.1 Å². The smallest absolute Gasteiger partial charge is 0.142 e. The minimum Gasteiger partial charge on any atom is -0.509 e. The lowest BCUT2D eigenvalue weighted by molar-refractivity contribution is 0.238. The number of anilines is 1. The number of hydrogen-bond acceptors (Lipinski definition) is 7. The van der Waals surface area contributed by atoms with Crippen molar-refractivity contribution in [1.29, 1.82) is 5.26 Å². The fraction of sp³-hybridized carbons (Fsp3) is 0.280. The Labute approximate surface area is 202 Å². The average Bonchev–Trinajstić information content (AvgIpc) is 3.31. The molecule has 1 aliphatic rings. The van der Waals surface area contributed by atoms with E-state index >= 15 is 0 Å². The van der Waals surface area contributed by atoms with Crippen LogP contribution in [0.15, 0.2) is 59.7 Å². The van der Waals surface area contributed by atoms with Crippen molar-refractivity contribution in [2.24, 2.45) is 0 Å². The highest BCUT2D eigenvalue weighted by atomic mass is 35.5. The summed E-state index contributed by atoms with van der Waals surface area (Å²) in [5.74, 6) is 0.945. The van der Waals surface area contributed by atoms with Crippen molar-refractivity contribution in [3.63, 3.8) is 0 Å². The molecule has 8 heteroatoms. The standard InChI is InChI=1S/C25H25ClN4O2S/c1-2-32-24-6-4-3-5-22(24)30-13-11-29(12-14-30)16-23(31)20(15-27)25-28-21(17-33-25)18-7-9-19(26)10-8-18/h3-10,17,31H,2,11-14,16H2,1H3. The summed E-state index contributed by atoms with van der Waals surface area (Å²) in [6, 6.07) is 17.6. The van der Waals surface area contributed by atoms with Crippen molar-refractivity contribution in [1.82, 2.24) is 9.88 Å². The summed E-state index contributed by atoms with van der Waals surface area (Å²) >= 11 is 7.31. The Balaban J connectivity index is 1.42. The van der Waals surface area contributed by atoms with Gasteiger partial charge in [-0.1, -0.05) is 35.9 Å². The number of ether oxygens (including phenoxy) is 1. The van der Waals surface area contributed by atoms with Gasteiger partial charge >= 0.3 is 0 Å². The van der Waals surface area contributed by atoms with Crippen molar-refractivity contribution >= 4 is 34.2 Å². The normalized spacial score (nSPS) is 15.1. The highest BCUT2D eigenvalue weighted by molar-refractivity contribution is 7.11. The zero-order chi connectivity index (χ0) is 23.2. The molecule has 0 spiro atoms. The van der Waals surface area contributed by atoms with Crippen molar-refractivity contribution in [2.75, 3.05) is 44.2 Å². The Morgan fingerprint density at radius 1 is 1.15 bits per heavy atom. The molecule has 1 N–H and O–H groups in total. The number of aliphatic hydroxyl groups is 1. The Morgan fingerprint density at radius 3 is 2.58 bits per heavy atom. The molecule has 0 bridgehead atoms. The van der Waals surface area contributed by atoms with Gasteiger partial charge in [-0.15, -0.1) is 11.3 Å². The van der Waals surface area contributed by atoms with Crippen LogP contribution < -0.4 is 9.64 Å². The van der Waals surface area contributed by atoms with Gasteiger partial charge in [0.05, 0.1) is 24.5 Å². The van der Waals surface area contributed by atoms with Gasteiger partial charge in [-0.3, -0.25) is 4.90 Å². The number of para-hydroxylation sites is 2. The summed E-state index contributed by atoms with van der Waals surface area (Å²) in [6.07, 6.45) is 0. The second-order valence-electron chi connectivity index (χ2n) is 7.64. The van der Waals surface area contributed by atoms with Gasteiger partial charge in [0.2, 0.25) is 0 Å².